The molecule has 0 atom stereocenters. The van der Waals surface area contributed by atoms with E-state index < -0.39 is 23.8 Å². The number of halogens is 4. The number of hydrogen-bond acceptors (Lipinski definition) is 2. The van der Waals surface area contributed by atoms with Gasteiger partial charge in [0.15, 0.2) is 5.82 Å². The van der Waals surface area contributed by atoms with Crippen molar-refractivity contribution in [3.8, 4) is 5.88 Å². The maximum absolute atomic E-state index is 12.6. The van der Waals surface area contributed by atoms with Crippen molar-refractivity contribution in [3.05, 3.63) is 23.4 Å². The van der Waals surface area contributed by atoms with Crippen LogP contribution in [0.1, 0.15) is 12.0 Å². The summed E-state index contributed by atoms with van der Waals surface area (Å²) in [6, 6.07) is 0.656. The van der Waals surface area contributed by atoms with Gasteiger partial charge in [0.2, 0.25) is 5.88 Å². The van der Waals surface area contributed by atoms with Crippen molar-refractivity contribution in [2.45, 2.75) is 6.43 Å². The highest BCUT2D eigenvalue weighted by atomic mass is 19.3. The van der Waals surface area contributed by atoms with Gasteiger partial charge in [-0.3, -0.25) is 0 Å². The largest absolute Gasteiger partial charge is 0.481 e. The van der Waals surface area contributed by atoms with E-state index in [4.69, 9.17) is 0 Å². The molecule has 1 aromatic heterocycles. The van der Waals surface area contributed by atoms with E-state index in [9.17, 15) is 17.6 Å². The smallest absolute Gasteiger partial charge is 0.267 e. The summed E-state index contributed by atoms with van der Waals surface area (Å²) < 4.78 is 53.5. The molecular weight excluding hydrogens is 190 g/mol. The zero-order valence-corrected chi connectivity index (χ0v) is 6.52. The van der Waals surface area contributed by atoms with Gasteiger partial charge in [0.25, 0.3) is 12.4 Å². The molecule has 0 aromatic carbocycles. The van der Waals surface area contributed by atoms with Crippen LogP contribution in [0.15, 0.2) is 6.07 Å². The van der Waals surface area contributed by atoms with Crippen LogP contribution in [0.5, 0.6) is 5.88 Å². The van der Waals surface area contributed by atoms with Gasteiger partial charge in [-0.15, -0.1) is 0 Å². The van der Waals surface area contributed by atoms with Crippen LogP contribution in [0.25, 0.3) is 0 Å². The van der Waals surface area contributed by atoms with E-state index in [2.05, 4.69) is 9.72 Å². The lowest BCUT2D eigenvalue weighted by atomic mass is 10.2. The number of alkyl halides is 2. The standard InChI is InChI=1S/C7H5F4NO/c1-13-4-2-3(6(9)10)5(8)7(11)12-4/h2,6H,1H3. The molecule has 0 saturated heterocycles. The first-order chi connectivity index (χ1) is 6.06. The molecule has 0 bridgehead atoms. The van der Waals surface area contributed by atoms with Crippen molar-refractivity contribution in [3.63, 3.8) is 0 Å². The molecule has 0 N–H and O–H groups in total. The number of rotatable bonds is 2. The molecule has 0 amide bonds. The summed E-state index contributed by atoms with van der Waals surface area (Å²) in [7, 11) is 1.12. The second-order valence-corrected chi connectivity index (χ2v) is 2.16. The summed E-state index contributed by atoms with van der Waals surface area (Å²) in [5.74, 6) is -3.61. The average Bonchev–Trinajstić information content (AvgIpc) is 2.09. The Morgan fingerprint density at radius 1 is 1.38 bits per heavy atom. The first-order valence-electron chi connectivity index (χ1n) is 3.24. The Morgan fingerprint density at radius 2 is 2.00 bits per heavy atom. The van der Waals surface area contributed by atoms with Crippen LogP contribution in [0, 0.1) is 11.8 Å². The van der Waals surface area contributed by atoms with E-state index >= 15 is 0 Å². The molecule has 0 unspecified atom stereocenters. The minimum absolute atomic E-state index is 0.380. The number of methoxy groups -OCH3 is 1. The average molecular weight is 195 g/mol. The zero-order chi connectivity index (χ0) is 10.0. The Bertz CT molecular complexity index is 316. The third-order valence-corrected chi connectivity index (χ3v) is 1.37. The van der Waals surface area contributed by atoms with Crippen LogP contribution in [0.3, 0.4) is 0 Å². The quantitative estimate of drug-likeness (QED) is 0.533. The Balaban J connectivity index is 3.25. The van der Waals surface area contributed by atoms with Gasteiger partial charge >= 0.3 is 0 Å². The highest BCUT2D eigenvalue weighted by Crippen LogP contribution is 2.25. The van der Waals surface area contributed by atoms with Crippen molar-refractivity contribution in [1.29, 1.82) is 0 Å². The maximum atomic E-state index is 12.6. The fourth-order valence-corrected chi connectivity index (χ4v) is 0.757. The number of ether oxygens (including phenoxy) is 1. The molecule has 72 valence electrons. The first kappa shape index (κ1) is 9.76. The van der Waals surface area contributed by atoms with Gasteiger partial charge < -0.3 is 4.74 Å². The number of pyridine rings is 1. The Labute approximate surface area is 71.2 Å². The van der Waals surface area contributed by atoms with Crippen LogP contribution in [-0.2, 0) is 0 Å². The molecule has 1 aromatic rings. The SMILES string of the molecule is COc1cc(C(F)F)c(F)c(F)n1. The fraction of sp³-hybridized carbons (Fsp3) is 0.286. The summed E-state index contributed by atoms with van der Waals surface area (Å²) in [5.41, 5.74) is -1.05. The lowest BCUT2D eigenvalue weighted by molar-refractivity contribution is 0.144. The molecule has 0 saturated carbocycles. The lowest BCUT2D eigenvalue weighted by Crippen LogP contribution is -2.00. The summed E-state index contributed by atoms with van der Waals surface area (Å²) in [6.45, 7) is 0. The van der Waals surface area contributed by atoms with Gasteiger partial charge in [0.05, 0.1) is 12.7 Å². The molecule has 0 fully saturated rings. The lowest BCUT2D eigenvalue weighted by Gasteiger charge is -2.04. The first-order valence-corrected chi connectivity index (χ1v) is 3.24. The molecular formula is C7H5F4NO. The van der Waals surface area contributed by atoms with Gasteiger partial charge in [-0.25, -0.2) is 13.2 Å². The normalized spacial score (nSPS) is 10.6. The summed E-state index contributed by atoms with van der Waals surface area (Å²) in [4.78, 5) is 2.94. The van der Waals surface area contributed by atoms with Crippen LogP contribution < -0.4 is 4.74 Å². The van der Waals surface area contributed by atoms with Gasteiger partial charge in [0, 0.05) is 6.07 Å². The minimum Gasteiger partial charge on any atom is -0.481 e. The molecule has 2 nitrogen and oxygen atoms in total. The monoisotopic (exact) mass is 195 g/mol. The molecule has 6 heteroatoms. The maximum Gasteiger partial charge on any atom is 0.267 e. The molecule has 0 spiro atoms. The van der Waals surface area contributed by atoms with Gasteiger partial charge in [-0.2, -0.15) is 9.37 Å². The predicted molar refractivity (Wildman–Crippen MR) is 35.7 cm³/mol. The van der Waals surface area contributed by atoms with Gasteiger partial charge in [-0.1, -0.05) is 0 Å². The van der Waals surface area contributed by atoms with E-state index in [0.29, 0.717) is 6.07 Å². The van der Waals surface area contributed by atoms with Crippen LogP contribution in [0.2, 0.25) is 0 Å². The summed E-state index contributed by atoms with van der Waals surface area (Å²) >= 11 is 0. The van der Waals surface area contributed by atoms with Crippen molar-refractivity contribution < 1.29 is 22.3 Å². The third-order valence-electron chi connectivity index (χ3n) is 1.37. The molecule has 0 aliphatic carbocycles. The summed E-state index contributed by atoms with van der Waals surface area (Å²) in [6.07, 6.45) is -3.09. The Morgan fingerprint density at radius 3 is 2.46 bits per heavy atom. The highest BCUT2D eigenvalue weighted by molar-refractivity contribution is 5.23. The molecule has 1 heterocycles. The number of nitrogens with zero attached hydrogens (tertiary/aromatic N) is 1. The summed E-state index contributed by atoms with van der Waals surface area (Å²) in [5, 5.41) is 0. The Kier molecular flexibility index (Phi) is 2.69. The Hall–Kier alpha value is -1.33. The van der Waals surface area contributed by atoms with Crippen LogP contribution in [-0.4, -0.2) is 12.1 Å². The predicted octanol–water partition coefficient (Wildman–Crippen LogP) is 2.31. The second kappa shape index (κ2) is 3.59. The van der Waals surface area contributed by atoms with Crippen molar-refractivity contribution in [2.24, 2.45) is 0 Å². The molecule has 1 rings (SSSR count). The van der Waals surface area contributed by atoms with Gasteiger partial charge in [-0.05, 0) is 0 Å². The molecule has 0 radical (unpaired) electrons. The zero-order valence-electron chi connectivity index (χ0n) is 6.52. The number of hydrogen-bond donors (Lipinski definition) is 0. The third kappa shape index (κ3) is 1.88. The molecule has 0 aliphatic rings. The van der Waals surface area contributed by atoms with Crippen molar-refractivity contribution in [1.82, 2.24) is 4.98 Å². The van der Waals surface area contributed by atoms with E-state index in [1.807, 2.05) is 0 Å². The van der Waals surface area contributed by atoms with Crippen LogP contribution in [0.4, 0.5) is 17.6 Å². The van der Waals surface area contributed by atoms with E-state index in [1.54, 1.807) is 0 Å². The molecule has 0 aliphatic heterocycles. The fourth-order valence-electron chi connectivity index (χ4n) is 0.757. The van der Waals surface area contributed by atoms with E-state index in [-0.39, 0.29) is 5.88 Å². The van der Waals surface area contributed by atoms with E-state index in [1.165, 1.54) is 0 Å². The minimum atomic E-state index is -3.09. The van der Waals surface area contributed by atoms with Crippen molar-refractivity contribution >= 4 is 0 Å². The molecule has 13 heavy (non-hydrogen) atoms. The van der Waals surface area contributed by atoms with E-state index in [0.717, 1.165) is 7.11 Å². The highest BCUT2D eigenvalue weighted by Gasteiger charge is 2.19. The van der Waals surface area contributed by atoms with Crippen molar-refractivity contribution in [2.75, 3.05) is 7.11 Å². The van der Waals surface area contributed by atoms with Gasteiger partial charge in [0.1, 0.15) is 0 Å². The number of aromatic nitrogens is 1. The van der Waals surface area contributed by atoms with Crippen LogP contribution >= 0.6 is 0 Å². The topological polar surface area (TPSA) is 22.1 Å². The second-order valence-electron chi connectivity index (χ2n) is 2.16.